The van der Waals surface area contributed by atoms with E-state index < -0.39 is 0 Å². The summed E-state index contributed by atoms with van der Waals surface area (Å²) in [5.41, 5.74) is 3.07. The van der Waals surface area contributed by atoms with Crippen molar-refractivity contribution >= 4 is 56.5 Å². The molecule has 5 nitrogen and oxygen atoms in total. The number of benzene rings is 3. The van der Waals surface area contributed by atoms with E-state index in [0.717, 1.165) is 22.1 Å². The highest BCUT2D eigenvalue weighted by Crippen LogP contribution is 2.37. The predicted octanol–water partition coefficient (Wildman–Crippen LogP) is 5.22. The zero-order chi connectivity index (χ0) is 19.7. The highest BCUT2D eigenvalue weighted by atomic mass is 32.2. The lowest BCUT2D eigenvalue weighted by atomic mass is 10.1. The fourth-order valence-corrected chi connectivity index (χ4v) is 3.93. The van der Waals surface area contributed by atoms with E-state index in [1.807, 2.05) is 31.2 Å². The first-order valence-corrected chi connectivity index (χ1v) is 9.85. The Hall–Kier alpha value is -3.12. The maximum Gasteiger partial charge on any atom is 0.237 e. The Morgan fingerprint density at radius 3 is 2.61 bits per heavy atom. The summed E-state index contributed by atoms with van der Waals surface area (Å²) in [4.78, 5) is 28.8. The number of amides is 1. The lowest BCUT2D eigenvalue weighted by Crippen LogP contribution is -2.26. The minimum absolute atomic E-state index is 0.0351. The molecule has 1 aliphatic heterocycles. The lowest BCUT2D eigenvalue weighted by molar-refractivity contribution is -0.115. The molecule has 140 valence electrons. The Morgan fingerprint density at radius 2 is 1.82 bits per heavy atom. The number of hydrogen-bond donors (Lipinski definition) is 2. The Kier molecular flexibility index (Phi) is 4.88. The number of nitrogens with one attached hydrogen (secondary N) is 2. The topological polar surface area (TPSA) is 70.6 Å². The Balaban J connectivity index is 1.49. The number of thioether (sulfide) groups is 1. The van der Waals surface area contributed by atoms with E-state index in [1.54, 1.807) is 24.3 Å². The van der Waals surface area contributed by atoms with Gasteiger partial charge in [-0.05, 0) is 43.5 Å². The van der Waals surface area contributed by atoms with Crippen LogP contribution >= 0.6 is 11.8 Å². The van der Waals surface area contributed by atoms with Crippen molar-refractivity contribution in [2.24, 2.45) is 4.99 Å². The van der Waals surface area contributed by atoms with Crippen LogP contribution in [0.2, 0.25) is 0 Å². The Labute approximate surface area is 167 Å². The molecule has 6 heteroatoms. The van der Waals surface area contributed by atoms with E-state index >= 15 is 0 Å². The van der Waals surface area contributed by atoms with Gasteiger partial charge in [0.1, 0.15) is 0 Å². The average molecular weight is 389 g/mol. The molecule has 4 rings (SSSR count). The molecule has 0 spiro atoms. The summed E-state index contributed by atoms with van der Waals surface area (Å²) in [5.74, 6) is -0.181. The molecule has 1 aliphatic rings. The fourth-order valence-electron chi connectivity index (χ4n) is 3.11. The van der Waals surface area contributed by atoms with Crippen molar-refractivity contribution < 1.29 is 9.59 Å². The van der Waals surface area contributed by atoms with Crippen LogP contribution < -0.4 is 10.6 Å². The van der Waals surface area contributed by atoms with Gasteiger partial charge in [-0.1, -0.05) is 48.2 Å². The number of hydrogen-bond acceptors (Lipinski definition) is 5. The molecule has 1 amide bonds. The third kappa shape index (κ3) is 3.64. The molecule has 0 aromatic heterocycles. The third-order valence-electron chi connectivity index (χ3n) is 4.54. The minimum Gasteiger partial charge on any atom is -0.334 e. The smallest absolute Gasteiger partial charge is 0.237 e. The van der Waals surface area contributed by atoms with E-state index in [4.69, 9.17) is 0 Å². The molecule has 3 aromatic carbocycles. The molecule has 1 heterocycles. The summed E-state index contributed by atoms with van der Waals surface area (Å²) < 4.78 is 0. The molecular weight excluding hydrogens is 370 g/mol. The zero-order valence-corrected chi connectivity index (χ0v) is 16.3. The molecule has 0 saturated carbocycles. The first-order chi connectivity index (χ1) is 13.5. The molecule has 3 aromatic rings. The van der Waals surface area contributed by atoms with Crippen LogP contribution in [0.5, 0.6) is 0 Å². The van der Waals surface area contributed by atoms with Gasteiger partial charge in [0.2, 0.25) is 5.91 Å². The molecule has 2 N–H and O–H groups in total. The first kappa shape index (κ1) is 18.3. The van der Waals surface area contributed by atoms with Gasteiger partial charge in [0.15, 0.2) is 11.0 Å². The number of carbonyl (C=O) groups is 2. The van der Waals surface area contributed by atoms with E-state index in [9.17, 15) is 9.59 Å². The summed E-state index contributed by atoms with van der Waals surface area (Å²) in [6.45, 7) is 3.34. The summed E-state index contributed by atoms with van der Waals surface area (Å²) in [6.07, 6.45) is 0. The number of amidine groups is 1. The van der Waals surface area contributed by atoms with Crippen LogP contribution in [0.15, 0.2) is 65.7 Å². The van der Waals surface area contributed by atoms with Gasteiger partial charge in [0.05, 0.1) is 16.6 Å². The van der Waals surface area contributed by atoms with Gasteiger partial charge in [-0.15, -0.1) is 0 Å². The number of carbonyl (C=O) groups excluding carboxylic acids is 2. The predicted molar refractivity (Wildman–Crippen MR) is 117 cm³/mol. The maximum atomic E-state index is 12.6. The SMILES string of the molecule is CC(=O)c1cccc(NC(=O)[C@H](C)SC2=Nc3cccc4cccc(c34)N2)c1. The lowest BCUT2D eigenvalue weighted by Gasteiger charge is -2.20. The van der Waals surface area contributed by atoms with Crippen LogP contribution in [-0.2, 0) is 4.79 Å². The number of ketones is 1. The molecule has 28 heavy (non-hydrogen) atoms. The molecule has 0 radical (unpaired) electrons. The monoisotopic (exact) mass is 389 g/mol. The number of rotatable bonds is 4. The number of aliphatic imine (C=N–C) groups is 1. The second-order valence-corrected chi connectivity index (χ2v) is 7.94. The van der Waals surface area contributed by atoms with Crippen molar-refractivity contribution in [2.45, 2.75) is 19.1 Å². The summed E-state index contributed by atoms with van der Waals surface area (Å²) >= 11 is 1.37. The highest BCUT2D eigenvalue weighted by Gasteiger charge is 2.21. The minimum atomic E-state index is -0.364. The van der Waals surface area contributed by atoms with Gasteiger partial charge in [-0.2, -0.15) is 0 Å². The van der Waals surface area contributed by atoms with Crippen LogP contribution in [0.25, 0.3) is 10.8 Å². The van der Waals surface area contributed by atoms with Gasteiger partial charge >= 0.3 is 0 Å². The Bertz CT molecular complexity index is 1120. The van der Waals surface area contributed by atoms with Crippen molar-refractivity contribution in [3.63, 3.8) is 0 Å². The number of anilines is 2. The van der Waals surface area contributed by atoms with Crippen molar-refractivity contribution in [2.75, 3.05) is 10.6 Å². The third-order valence-corrected chi connectivity index (χ3v) is 5.52. The number of nitrogens with zero attached hydrogens (tertiary/aromatic N) is 1. The molecule has 1 atom stereocenters. The fraction of sp³-hybridized carbons (Fsp3) is 0.136. The van der Waals surface area contributed by atoms with E-state index in [-0.39, 0.29) is 16.9 Å². The standard InChI is InChI=1S/C22H19N3O2S/c1-13(26)16-8-3-9-17(12-16)23-21(27)14(2)28-22-24-18-10-4-6-15-7-5-11-19(25-22)20(15)18/h3-12,14H,1-2H3,(H,23,27)(H,24,25)/t14-/m0/s1. The first-order valence-electron chi connectivity index (χ1n) is 8.97. The van der Waals surface area contributed by atoms with Crippen molar-refractivity contribution in [1.82, 2.24) is 0 Å². The summed E-state index contributed by atoms with van der Waals surface area (Å²) in [5, 5.41) is 8.74. The highest BCUT2D eigenvalue weighted by molar-refractivity contribution is 8.15. The van der Waals surface area contributed by atoms with Crippen LogP contribution in [0.1, 0.15) is 24.2 Å². The van der Waals surface area contributed by atoms with Gasteiger partial charge in [-0.3, -0.25) is 9.59 Å². The van der Waals surface area contributed by atoms with Gasteiger partial charge in [0, 0.05) is 16.6 Å². The molecule has 0 unspecified atom stereocenters. The molecule has 0 saturated heterocycles. The number of Topliss-reactive ketones (excluding diaryl/α,β-unsaturated/α-hetero) is 1. The summed E-state index contributed by atoms with van der Waals surface area (Å²) in [7, 11) is 0. The van der Waals surface area contributed by atoms with Gasteiger partial charge < -0.3 is 10.6 Å². The normalized spacial score (nSPS) is 13.4. The molecule has 0 bridgehead atoms. The second-order valence-electron chi connectivity index (χ2n) is 6.61. The molecular formula is C22H19N3O2S. The molecule has 0 fully saturated rings. The zero-order valence-electron chi connectivity index (χ0n) is 15.5. The van der Waals surface area contributed by atoms with Crippen LogP contribution in [0, 0.1) is 0 Å². The quantitative estimate of drug-likeness (QED) is 0.601. The van der Waals surface area contributed by atoms with E-state index in [1.165, 1.54) is 18.7 Å². The average Bonchev–Trinajstić information content (AvgIpc) is 2.68. The van der Waals surface area contributed by atoms with Crippen molar-refractivity contribution in [3.05, 3.63) is 66.2 Å². The second kappa shape index (κ2) is 7.48. The van der Waals surface area contributed by atoms with Crippen molar-refractivity contribution in [1.29, 1.82) is 0 Å². The van der Waals surface area contributed by atoms with Gasteiger partial charge in [-0.25, -0.2) is 4.99 Å². The largest absolute Gasteiger partial charge is 0.334 e. The van der Waals surface area contributed by atoms with Gasteiger partial charge in [0.25, 0.3) is 0 Å². The van der Waals surface area contributed by atoms with Crippen LogP contribution in [-0.4, -0.2) is 22.1 Å². The van der Waals surface area contributed by atoms with Crippen molar-refractivity contribution in [3.8, 4) is 0 Å². The summed E-state index contributed by atoms with van der Waals surface area (Å²) in [6, 6.07) is 19.0. The van der Waals surface area contributed by atoms with Crippen LogP contribution in [0.4, 0.5) is 17.1 Å². The Morgan fingerprint density at radius 1 is 1.07 bits per heavy atom. The van der Waals surface area contributed by atoms with Crippen LogP contribution in [0.3, 0.4) is 0 Å². The van der Waals surface area contributed by atoms with E-state index in [2.05, 4.69) is 27.8 Å². The van der Waals surface area contributed by atoms with E-state index in [0.29, 0.717) is 16.4 Å². The molecule has 0 aliphatic carbocycles. The maximum absolute atomic E-state index is 12.6.